The van der Waals surface area contributed by atoms with E-state index in [0.29, 0.717) is 22.9 Å². The number of carbonyl (C=O) groups excluding carboxylic acids is 2. The van der Waals surface area contributed by atoms with Crippen LogP contribution >= 0.6 is 0 Å². The second-order valence-corrected chi connectivity index (χ2v) is 6.69. The first-order valence-corrected chi connectivity index (χ1v) is 8.57. The van der Waals surface area contributed by atoms with Crippen LogP contribution in [0.1, 0.15) is 46.4 Å². The Kier molecular flexibility index (Phi) is 4.68. The minimum atomic E-state index is -0.671. The molecule has 6 heteroatoms. The van der Waals surface area contributed by atoms with Crippen molar-refractivity contribution in [2.24, 2.45) is 5.73 Å². The van der Waals surface area contributed by atoms with Gasteiger partial charge in [0.15, 0.2) is 0 Å². The highest BCUT2D eigenvalue weighted by Crippen LogP contribution is 2.37. The number of nitrogens with one attached hydrogen (secondary N) is 2. The summed E-state index contributed by atoms with van der Waals surface area (Å²) in [6.45, 7) is 7.23. The number of amides is 2. The van der Waals surface area contributed by atoms with E-state index in [4.69, 9.17) is 5.73 Å². The first kappa shape index (κ1) is 17.9. The maximum absolute atomic E-state index is 15.0. The number of carbonyl (C=O) groups is 2. The average molecular weight is 355 g/mol. The summed E-state index contributed by atoms with van der Waals surface area (Å²) < 4.78 is 15.0. The van der Waals surface area contributed by atoms with Crippen LogP contribution in [0.5, 0.6) is 0 Å². The highest BCUT2D eigenvalue weighted by Gasteiger charge is 2.25. The van der Waals surface area contributed by atoms with E-state index in [9.17, 15) is 9.59 Å². The summed E-state index contributed by atoms with van der Waals surface area (Å²) in [5.74, 6) is -1.38. The van der Waals surface area contributed by atoms with Gasteiger partial charge in [-0.25, -0.2) is 4.39 Å². The number of aromatic amines is 1. The molecule has 0 spiro atoms. The van der Waals surface area contributed by atoms with Crippen molar-refractivity contribution in [2.75, 3.05) is 0 Å². The third-order valence-electron chi connectivity index (χ3n) is 5.02. The molecular formula is C20H22FN3O2. The van der Waals surface area contributed by atoms with Gasteiger partial charge in [-0.15, -0.1) is 0 Å². The van der Waals surface area contributed by atoms with Crippen LogP contribution in [0.2, 0.25) is 0 Å². The monoisotopic (exact) mass is 355 g/mol. The third-order valence-corrected chi connectivity index (χ3v) is 5.02. The van der Waals surface area contributed by atoms with Gasteiger partial charge in [-0.2, -0.15) is 0 Å². The smallest absolute Gasteiger partial charge is 0.250 e. The van der Waals surface area contributed by atoms with Gasteiger partial charge in [-0.1, -0.05) is 12.7 Å². The molecule has 0 aliphatic heterocycles. The molecule has 0 saturated carbocycles. The molecule has 0 saturated heterocycles. The predicted molar refractivity (Wildman–Crippen MR) is 100 cm³/mol. The van der Waals surface area contributed by atoms with Crippen LogP contribution in [0.15, 0.2) is 24.8 Å². The number of rotatable bonds is 4. The first-order valence-electron chi connectivity index (χ1n) is 8.57. The molecule has 4 N–H and O–H groups in total. The van der Waals surface area contributed by atoms with Crippen molar-refractivity contribution in [1.82, 2.24) is 10.3 Å². The molecule has 0 fully saturated rings. The van der Waals surface area contributed by atoms with Gasteiger partial charge >= 0.3 is 0 Å². The molecule has 1 aliphatic carbocycles. The maximum atomic E-state index is 15.0. The Morgan fingerprint density at radius 2 is 2.15 bits per heavy atom. The molecule has 1 aromatic carbocycles. The fourth-order valence-corrected chi connectivity index (χ4v) is 3.63. The molecule has 2 amide bonds. The van der Waals surface area contributed by atoms with E-state index in [1.165, 1.54) is 12.1 Å². The van der Waals surface area contributed by atoms with E-state index < -0.39 is 11.7 Å². The Balaban J connectivity index is 2.13. The molecule has 1 atom stereocenters. The largest absolute Gasteiger partial charge is 0.366 e. The number of allylic oxidation sites excluding steroid dienone is 1. The van der Waals surface area contributed by atoms with Crippen molar-refractivity contribution in [3.8, 4) is 0 Å². The number of aromatic nitrogens is 1. The van der Waals surface area contributed by atoms with Gasteiger partial charge in [0.1, 0.15) is 5.82 Å². The van der Waals surface area contributed by atoms with Gasteiger partial charge in [-0.3, -0.25) is 9.59 Å². The topological polar surface area (TPSA) is 88.0 Å². The maximum Gasteiger partial charge on any atom is 0.250 e. The molecule has 0 radical (unpaired) electrons. The van der Waals surface area contributed by atoms with Crippen molar-refractivity contribution < 1.29 is 14.0 Å². The highest BCUT2D eigenvalue weighted by atomic mass is 19.1. The molecule has 1 aliphatic rings. The summed E-state index contributed by atoms with van der Waals surface area (Å²) in [5, 5.41) is 3.56. The number of hydrogen-bond acceptors (Lipinski definition) is 2. The lowest BCUT2D eigenvalue weighted by Gasteiger charge is -2.24. The molecular weight excluding hydrogens is 333 g/mol. The second-order valence-electron chi connectivity index (χ2n) is 6.69. The standard InChI is InChI=1S/C20H22FN3O2/c1-4-16(25)24-13-7-5-6-12(8-13)18-15(21)9-14(20(22)26)19-17(18)10(2)11(3)23-19/h4,6,9,13,23H,1,5,7-8H2,2-3H3,(H2,22,26)(H,24,25). The van der Waals surface area contributed by atoms with E-state index in [-0.39, 0.29) is 17.5 Å². The Hall–Kier alpha value is -2.89. The van der Waals surface area contributed by atoms with E-state index in [1.54, 1.807) is 0 Å². The normalized spacial score (nSPS) is 17.0. The lowest BCUT2D eigenvalue weighted by molar-refractivity contribution is -0.117. The van der Waals surface area contributed by atoms with Crippen LogP contribution in [-0.2, 0) is 4.79 Å². The van der Waals surface area contributed by atoms with Gasteiger partial charge in [0, 0.05) is 22.7 Å². The third kappa shape index (κ3) is 3.03. The zero-order valence-corrected chi connectivity index (χ0v) is 14.9. The summed E-state index contributed by atoms with van der Waals surface area (Å²) in [6, 6.07) is 1.12. The van der Waals surface area contributed by atoms with Gasteiger partial charge in [0.2, 0.25) is 5.91 Å². The molecule has 1 unspecified atom stereocenters. The summed E-state index contributed by atoms with van der Waals surface area (Å²) in [5.41, 5.74) is 9.18. The summed E-state index contributed by atoms with van der Waals surface area (Å²) in [6.07, 6.45) is 5.28. The Morgan fingerprint density at radius 1 is 1.42 bits per heavy atom. The van der Waals surface area contributed by atoms with Crippen molar-refractivity contribution in [3.63, 3.8) is 0 Å². The van der Waals surface area contributed by atoms with Gasteiger partial charge in [-0.05, 0) is 56.4 Å². The molecule has 136 valence electrons. The Morgan fingerprint density at radius 3 is 2.81 bits per heavy atom. The van der Waals surface area contributed by atoms with Crippen LogP contribution in [0.4, 0.5) is 4.39 Å². The molecule has 2 aromatic rings. The molecule has 0 bridgehead atoms. The number of H-pyrrole nitrogens is 1. The zero-order valence-electron chi connectivity index (χ0n) is 14.9. The number of hydrogen-bond donors (Lipinski definition) is 3. The number of benzene rings is 1. The average Bonchev–Trinajstić information content (AvgIpc) is 2.89. The fourth-order valence-electron chi connectivity index (χ4n) is 3.63. The second kappa shape index (κ2) is 6.78. The lowest BCUT2D eigenvalue weighted by Crippen LogP contribution is -2.34. The van der Waals surface area contributed by atoms with E-state index in [1.807, 2.05) is 19.9 Å². The SMILES string of the molecule is C=CC(=O)NC1CCC=C(c2c(F)cc(C(N)=O)c3[nH]c(C)c(C)c23)C1. The molecule has 3 rings (SSSR count). The number of halogens is 1. The lowest BCUT2D eigenvalue weighted by atomic mass is 9.86. The molecule has 26 heavy (non-hydrogen) atoms. The fraction of sp³-hybridized carbons (Fsp3) is 0.300. The van der Waals surface area contributed by atoms with Crippen molar-refractivity contribution >= 4 is 28.3 Å². The van der Waals surface area contributed by atoms with Crippen molar-refractivity contribution in [3.05, 3.63) is 53.0 Å². The Bertz CT molecular complexity index is 956. The van der Waals surface area contributed by atoms with Crippen LogP contribution in [0, 0.1) is 19.7 Å². The minimum absolute atomic E-state index is 0.0777. The Labute approximate surface area is 151 Å². The molecule has 5 nitrogen and oxygen atoms in total. The van der Waals surface area contributed by atoms with Crippen molar-refractivity contribution in [1.29, 1.82) is 0 Å². The van der Waals surface area contributed by atoms with Crippen molar-refractivity contribution in [2.45, 2.75) is 39.2 Å². The predicted octanol–water partition coefficient (Wildman–Crippen LogP) is 3.26. The minimum Gasteiger partial charge on any atom is -0.366 e. The first-order chi connectivity index (χ1) is 12.3. The van der Waals surface area contributed by atoms with Crippen LogP contribution < -0.4 is 11.1 Å². The van der Waals surface area contributed by atoms with Gasteiger partial charge < -0.3 is 16.0 Å². The van der Waals surface area contributed by atoms with Crippen LogP contribution in [0.25, 0.3) is 16.5 Å². The number of fused-ring (bicyclic) bond motifs is 1. The number of primary amides is 1. The molecule has 1 aromatic heterocycles. The highest BCUT2D eigenvalue weighted by molar-refractivity contribution is 6.09. The van der Waals surface area contributed by atoms with E-state index >= 15 is 4.39 Å². The zero-order chi connectivity index (χ0) is 19.0. The summed E-state index contributed by atoms with van der Waals surface area (Å²) in [7, 11) is 0. The molecule has 1 heterocycles. The summed E-state index contributed by atoms with van der Waals surface area (Å²) >= 11 is 0. The number of nitrogens with two attached hydrogens (primary N) is 1. The van der Waals surface area contributed by atoms with E-state index in [0.717, 1.165) is 29.7 Å². The van der Waals surface area contributed by atoms with Crippen LogP contribution in [-0.4, -0.2) is 22.8 Å². The van der Waals surface area contributed by atoms with Gasteiger partial charge in [0.25, 0.3) is 5.91 Å². The van der Waals surface area contributed by atoms with Gasteiger partial charge in [0.05, 0.1) is 11.1 Å². The number of aryl methyl sites for hydroxylation is 2. The van der Waals surface area contributed by atoms with Crippen LogP contribution in [0.3, 0.4) is 0 Å². The summed E-state index contributed by atoms with van der Waals surface area (Å²) in [4.78, 5) is 26.5. The van der Waals surface area contributed by atoms with E-state index in [2.05, 4.69) is 16.9 Å². The quantitative estimate of drug-likeness (QED) is 0.735.